The minimum atomic E-state index is -0.194. The maximum absolute atomic E-state index is 6.09. The summed E-state index contributed by atoms with van der Waals surface area (Å²) in [5, 5.41) is 3.74. The second-order valence-electron chi connectivity index (χ2n) is 4.27. The Morgan fingerprint density at radius 3 is 3.11 bits per heavy atom. The van der Waals surface area contributed by atoms with Crippen LogP contribution in [0.25, 0.3) is 0 Å². The molecule has 5 heteroatoms. The SMILES string of the molecule is CCC(Cl)c1noc(C2COc3ccccc32)n1. The van der Waals surface area contributed by atoms with E-state index in [1.54, 1.807) is 0 Å². The molecule has 1 aliphatic rings. The van der Waals surface area contributed by atoms with E-state index in [4.69, 9.17) is 20.9 Å². The monoisotopic (exact) mass is 264 g/mol. The fourth-order valence-electron chi connectivity index (χ4n) is 2.07. The first-order valence-corrected chi connectivity index (χ1v) is 6.42. The minimum absolute atomic E-state index is 0.0168. The van der Waals surface area contributed by atoms with E-state index >= 15 is 0 Å². The number of hydrogen-bond acceptors (Lipinski definition) is 4. The summed E-state index contributed by atoms with van der Waals surface area (Å²) >= 11 is 6.09. The summed E-state index contributed by atoms with van der Waals surface area (Å²) in [6.07, 6.45) is 0.776. The van der Waals surface area contributed by atoms with Crippen LogP contribution < -0.4 is 4.74 Å². The molecule has 2 heterocycles. The van der Waals surface area contributed by atoms with Crippen LogP contribution in [-0.2, 0) is 0 Å². The Morgan fingerprint density at radius 1 is 1.44 bits per heavy atom. The van der Waals surface area contributed by atoms with Crippen molar-refractivity contribution in [3.8, 4) is 5.75 Å². The van der Waals surface area contributed by atoms with Crippen LogP contribution >= 0.6 is 11.6 Å². The highest BCUT2D eigenvalue weighted by Gasteiger charge is 2.30. The molecule has 2 unspecified atom stereocenters. The number of benzene rings is 1. The number of nitrogens with zero attached hydrogens (tertiary/aromatic N) is 2. The predicted octanol–water partition coefficient (Wildman–Crippen LogP) is 3.28. The maximum Gasteiger partial charge on any atom is 0.237 e. The first kappa shape index (κ1) is 11.5. The van der Waals surface area contributed by atoms with E-state index in [-0.39, 0.29) is 11.3 Å². The molecule has 1 aromatic carbocycles. The van der Waals surface area contributed by atoms with E-state index in [1.165, 1.54) is 0 Å². The summed E-state index contributed by atoms with van der Waals surface area (Å²) in [4.78, 5) is 4.37. The average molecular weight is 265 g/mol. The first-order valence-electron chi connectivity index (χ1n) is 5.99. The second kappa shape index (κ2) is 4.61. The predicted molar refractivity (Wildman–Crippen MR) is 67.0 cm³/mol. The summed E-state index contributed by atoms with van der Waals surface area (Å²) in [5.74, 6) is 2.04. The molecule has 0 saturated heterocycles. The Bertz CT molecular complexity index is 555. The smallest absolute Gasteiger partial charge is 0.237 e. The molecule has 2 aromatic rings. The molecule has 2 atom stereocenters. The van der Waals surface area contributed by atoms with Gasteiger partial charge in [-0.2, -0.15) is 4.98 Å². The molecule has 0 radical (unpaired) electrons. The van der Waals surface area contributed by atoms with Crippen LogP contribution in [0.15, 0.2) is 28.8 Å². The maximum atomic E-state index is 6.09. The van der Waals surface area contributed by atoms with E-state index in [1.807, 2.05) is 31.2 Å². The highest BCUT2D eigenvalue weighted by Crippen LogP contribution is 2.37. The number of halogens is 1. The van der Waals surface area contributed by atoms with Crippen molar-refractivity contribution in [3.05, 3.63) is 41.5 Å². The van der Waals surface area contributed by atoms with Gasteiger partial charge in [-0.05, 0) is 12.5 Å². The lowest BCUT2D eigenvalue weighted by molar-refractivity contribution is 0.304. The summed E-state index contributed by atoms with van der Waals surface area (Å²) < 4.78 is 10.9. The third-order valence-electron chi connectivity index (χ3n) is 3.09. The quantitative estimate of drug-likeness (QED) is 0.798. The molecule has 94 valence electrons. The van der Waals surface area contributed by atoms with Crippen LogP contribution in [0.2, 0.25) is 0 Å². The summed E-state index contributed by atoms with van der Waals surface area (Å²) in [6.45, 7) is 2.53. The van der Waals surface area contributed by atoms with Crippen LogP contribution in [0.3, 0.4) is 0 Å². The van der Waals surface area contributed by atoms with Crippen molar-refractivity contribution in [2.24, 2.45) is 0 Å². The largest absolute Gasteiger partial charge is 0.492 e. The molecule has 0 aliphatic carbocycles. The molecule has 3 rings (SSSR count). The Morgan fingerprint density at radius 2 is 2.28 bits per heavy atom. The van der Waals surface area contributed by atoms with Crippen LogP contribution in [0.4, 0.5) is 0 Å². The lowest BCUT2D eigenvalue weighted by atomic mass is 10.0. The number of hydrogen-bond donors (Lipinski definition) is 0. The second-order valence-corrected chi connectivity index (χ2v) is 4.79. The Balaban J connectivity index is 1.91. The average Bonchev–Trinajstić information content (AvgIpc) is 3.03. The van der Waals surface area contributed by atoms with Gasteiger partial charge in [0.25, 0.3) is 0 Å². The van der Waals surface area contributed by atoms with Crippen molar-refractivity contribution in [1.29, 1.82) is 0 Å². The molecule has 1 aliphatic heterocycles. The normalized spacial score (nSPS) is 19.3. The van der Waals surface area contributed by atoms with Crippen molar-refractivity contribution in [2.75, 3.05) is 6.61 Å². The van der Waals surface area contributed by atoms with Crippen LogP contribution in [0, 0.1) is 0 Å². The van der Waals surface area contributed by atoms with Gasteiger partial charge in [0.05, 0.1) is 5.38 Å². The van der Waals surface area contributed by atoms with Gasteiger partial charge in [0.2, 0.25) is 5.89 Å². The van der Waals surface area contributed by atoms with Gasteiger partial charge in [-0.3, -0.25) is 0 Å². The Hall–Kier alpha value is -1.55. The van der Waals surface area contributed by atoms with Crippen molar-refractivity contribution in [3.63, 3.8) is 0 Å². The number of aromatic nitrogens is 2. The number of fused-ring (bicyclic) bond motifs is 1. The topological polar surface area (TPSA) is 48.2 Å². The van der Waals surface area contributed by atoms with Crippen molar-refractivity contribution in [1.82, 2.24) is 10.1 Å². The molecular weight excluding hydrogens is 252 g/mol. The van der Waals surface area contributed by atoms with Gasteiger partial charge < -0.3 is 9.26 Å². The highest BCUT2D eigenvalue weighted by molar-refractivity contribution is 6.20. The zero-order valence-corrected chi connectivity index (χ0v) is 10.7. The molecule has 1 aromatic heterocycles. The molecule has 0 amide bonds. The van der Waals surface area contributed by atoms with E-state index < -0.39 is 0 Å². The van der Waals surface area contributed by atoms with Gasteiger partial charge in [0.1, 0.15) is 18.3 Å². The summed E-state index contributed by atoms with van der Waals surface area (Å²) in [5.41, 5.74) is 1.09. The van der Waals surface area contributed by atoms with Crippen LogP contribution in [0.1, 0.15) is 41.9 Å². The highest BCUT2D eigenvalue weighted by atomic mass is 35.5. The summed E-state index contributed by atoms with van der Waals surface area (Å²) in [7, 11) is 0. The van der Waals surface area contributed by atoms with Gasteiger partial charge in [-0.15, -0.1) is 11.6 Å². The van der Waals surface area contributed by atoms with Gasteiger partial charge in [0.15, 0.2) is 5.82 Å². The standard InChI is InChI=1S/C13H13ClN2O2/c1-2-10(14)12-15-13(18-16-12)9-7-17-11-6-4-3-5-8(9)11/h3-6,9-10H,2,7H2,1H3. The van der Waals surface area contributed by atoms with Gasteiger partial charge in [-0.1, -0.05) is 30.3 Å². The third kappa shape index (κ3) is 1.86. The van der Waals surface area contributed by atoms with Crippen molar-refractivity contribution >= 4 is 11.6 Å². The zero-order valence-electron chi connectivity index (χ0n) is 9.97. The van der Waals surface area contributed by atoms with Crippen LogP contribution in [-0.4, -0.2) is 16.7 Å². The minimum Gasteiger partial charge on any atom is -0.492 e. The van der Waals surface area contributed by atoms with Gasteiger partial charge in [-0.25, -0.2) is 0 Å². The van der Waals surface area contributed by atoms with E-state index in [0.717, 1.165) is 17.7 Å². The summed E-state index contributed by atoms with van der Waals surface area (Å²) in [6, 6.07) is 7.90. The van der Waals surface area contributed by atoms with E-state index in [2.05, 4.69) is 10.1 Å². The lowest BCUT2D eigenvalue weighted by Crippen LogP contribution is -2.03. The van der Waals surface area contributed by atoms with E-state index in [0.29, 0.717) is 18.3 Å². The molecule has 0 bridgehead atoms. The molecule has 0 saturated carbocycles. The lowest BCUT2D eigenvalue weighted by Gasteiger charge is -2.01. The number of rotatable bonds is 3. The molecular formula is C13H13ClN2O2. The Kier molecular flexibility index (Phi) is 2.96. The van der Waals surface area contributed by atoms with Crippen molar-refractivity contribution in [2.45, 2.75) is 24.6 Å². The molecule has 18 heavy (non-hydrogen) atoms. The third-order valence-corrected chi connectivity index (χ3v) is 3.60. The van der Waals surface area contributed by atoms with Crippen LogP contribution in [0.5, 0.6) is 5.75 Å². The fourth-order valence-corrected chi connectivity index (χ4v) is 2.15. The number of para-hydroxylation sites is 1. The van der Waals surface area contributed by atoms with E-state index in [9.17, 15) is 0 Å². The first-order chi connectivity index (χ1) is 8.79. The zero-order chi connectivity index (χ0) is 12.5. The Labute approximate surface area is 110 Å². The number of ether oxygens (including phenoxy) is 1. The number of alkyl halides is 1. The molecule has 4 nitrogen and oxygen atoms in total. The van der Waals surface area contributed by atoms with Crippen molar-refractivity contribution < 1.29 is 9.26 Å². The molecule has 0 N–H and O–H groups in total. The molecule has 0 fully saturated rings. The molecule has 0 spiro atoms. The fraction of sp³-hybridized carbons (Fsp3) is 0.385. The van der Waals surface area contributed by atoms with Gasteiger partial charge >= 0.3 is 0 Å². The van der Waals surface area contributed by atoms with Gasteiger partial charge in [0, 0.05) is 5.56 Å².